The summed E-state index contributed by atoms with van der Waals surface area (Å²) in [5, 5.41) is 0.308. The Hall–Kier alpha value is -1.10. The molecule has 1 heterocycles. The van der Waals surface area contributed by atoms with Crippen molar-refractivity contribution in [2.75, 3.05) is 12.8 Å². The van der Waals surface area contributed by atoms with Gasteiger partial charge in [0.05, 0.1) is 7.11 Å². The minimum absolute atomic E-state index is 0.308. The molecule has 2 N–H and O–H groups in total. The molecule has 11 heavy (non-hydrogen) atoms. The second-order valence-electron chi connectivity index (χ2n) is 1.95. The van der Waals surface area contributed by atoms with Crippen LogP contribution >= 0.6 is 11.3 Å². The number of hydrogen-bond donors (Lipinski definition) is 1. The van der Waals surface area contributed by atoms with Gasteiger partial charge < -0.3 is 10.5 Å². The number of esters is 1. The topological polar surface area (TPSA) is 65.2 Å². The molecule has 1 aromatic rings. The molecule has 60 valence electrons. The van der Waals surface area contributed by atoms with Gasteiger partial charge in [0.1, 0.15) is 5.82 Å². The second-order valence-corrected chi connectivity index (χ2v) is 3.16. The van der Waals surface area contributed by atoms with Gasteiger partial charge in [-0.2, -0.15) is 0 Å². The van der Waals surface area contributed by atoms with Crippen molar-refractivity contribution in [3.8, 4) is 0 Å². The van der Waals surface area contributed by atoms with Crippen molar-refractivity contribution in [3.05, 3.63) is 9.88 Å². The van der Waals surface area contributed by atoms with Gasteiger partial charge in [0, 0.05) is 4.88 Å². The van der Waals surface area contributed by atoms with Crippen molar-refractivity contribution >= 4 is 23.1 Å². The number of carbonyl (C=O) groups excluding carboxylic acids is 1. The van der Waals surface area contributed by atoms with Crippen molar-refractivity contribution in [1.82, 2.24) is 4.98 Å². The lowest BCUT2D eigenvalue weighted by Crippen LogP contribution is -2.00. The standard InChI is InChI=1S/C6H8N2O2S/c1-3-4(7)8-5(11-3)6(9)10-2/h7H2,1-2H3. The number of ether oxygens (including phenoxy) is 1. The Bertz CT molecular complexity index is 263. The molecule has 0 aliphatic carbocycles. The molecular formula is C6H8N2O2S. The van der Waals surface area contributed by atoms with Crippen molar-refractivity contribution in [3.63, 3.8) is 0 Å². The smallest absolute Gasteiger partial charge is 0.367 e. The van der Waals surface area contributed by atoms with E-state index >= 15 is 0 Å². The molecule has 0 saturated carbocycles. The molecule has 1 rings (SSSR count). The summed E-state index contributed by atoms with van der Waals surface area (Å²) in [7, 11) is 1.31. The third-order valence-corrected chi connectivity index (χ3v) is 2.16. The van der Waals surface area contributed by atoms with Gasteiger partial charge in [0.25, 0.3) is 0 Å². The van der Waals surface area contributed by atoms with Crippen LogP contribution in [0.15, 0.2) is 0 Å². The number of aromatic nitrogens is 1. The molecule has 0 radical (unpaired) electrons. The van der Waals surface area contributed by atoms with Gasteiger partial charge in [0.15, 0.2) is 0 Å². The van der Waals surface area contributed by atoms with E-state index in [1.165, 1.54) is 18.4 Å². The second kappa shape index (κ2) is 2.87. The maximum Gasteiger partial charge on any atom is 0.367 e. The third-order valence-electron chi connectivity index (χ3n) is 1.19. The Balaban J connectivity index is 2.97. The average Bonchev–Trinajstić information content (AvgIpc) is 2.31. The Morgan fingerprint density at radius 3 is 2.73 bits per heavy atom. The molecule has 0 aliphatic heterocycles. The van der Waals surface area contributed by atoms with Crippen LogP contribution < -0.4 is 5.73 Å². The van der Waals surface area contributed by atoms with Crippen LogP contribution in [0.2, 0.25) is 0 Å². The Labute approximate surface area is 68.0 Å². The first kappa shape index (κ1) is 8.00. The molecule has 0 aromatic carbocycles. The summed E-state index contributed by atoms with van der Waals surface area (Å²) in [5.41, 5.74) is 5.42. The van der Waals surface area contributed by atoms with Gasteiger partial charge in [-0.15, -0.1) is 11.3 Å². The summed E-state index contributed by atoms with van der Waals surface area (Å²) in [6.07, 6.45) is 0. The first-order valence-electron chi connectivity index (χ1n) is 2.96. The van der Waals surface area contributed by atoms with Crippen LogP contribution in [0.25, 0.3) is 0 Å². The maximum absolute atomic E-state index is 10.8. The van der Waals surface area contributed by atoms with Crippen molar-refractivity contribution in [1.29, 1.82) is 0 Å². The zero-order chi connectivity index (χ0) is 8.43. The minimum atomic E-state index is -0.435. The van der Waals surface area contributed by atoms with Crippen LogP contribution in [0.1, 0.15) is 14.7 Å². The number of nitrogens with zero attached hydrogens (tertiary/aromatic N) is 1. The van der Waals surface area contributed by atoms with Gasteiger partial charge in [-0.05, 0) is 6.92 Å². The number of nitrogen functional groups attached to an aromatic ring is 1. The van der Waals surface area contributed by atoms with Gasteiger partial charge in [0.2, 0.25) is 5.01 Å². The van der Waals surface area contributed by atoms with Gasteiger partial charge in [-0.1, -0.05) is 0 Å². The van der Waals surface area contributed by atoms with Crippen LogP contribution in [0.3, 0.4) is 0 Å². The molecular weight excluding hydrogens is 164 g/mol. The minimum Gasteiger partial charge on any atom is -0.464 e. The lowest BCUT2D eigenvalue weighted by molar-refractivity contribution is 0.0600. The van der Waals surface area contributed by atoms with Crippen molar-refractivity contribution in [2.45, 2.75) is 6.92 Å². The molecule has 0 saturated heterocycles. The molecule has 4 nitrogen and oxygen atoms in total. The predicted molar refractivity (Wildman–Crippen MR) is 42.6 cm³/mol. The number of hydrogen-bond acceptors (Lipinski definition) is 5. The zero-order valence-electron chi connectivity index (χ0n) is 6.25. The summed E-state index contributed by atoms with van der Waals surface area (Å²) < 4.78 is 4.46. The summed E-state index contributed by atoms with van der Waals surface area (Å²) in [6.45, 7) is 1.80. The van der Waals surface area contributed by atoms with E-state index in [9.17, 15) is 4.79 Å². The highest BCUT2D eigenvalue weighted by Gasteiger charge is 2.12. The molecule has 0 atom stereocenters. The van der Waals surface area contributed by atoms with Crippen LogP contribution in [0.4, 0.5) is 5.82 Å². The lowest BCUT2D eigenvalue weighted by Gasteiger charge is -1.89. The van der Waals surface area contributed by atoms with Crippen LogP contribution in [0, 0.1) is 6.92 Å². The van der Waals surface area contributed by atoms with Crippen molar-refractivity contribution < 1.29 is 9.53 Å². The van der Waals surface area contributed by atoms with Crippen LogP contribution in [-0.4, -0.2) is 18.1 Å². The summed E-state index contributed by atoms with van der Waals surface area (Å²) >= 11 is 1.24. The molecule has 5 heteroatoms. The van der Waals surface area contributed by atoms with Crippen molar-refractivity contribution in [2.24, 2.45) is 0 Å². The van der Waals surface area contributed by atoms with Gasteiger partial charge in [-0.25, -0.2) is 9.78 Å². The van der Waals surface area contributed by atoms with E-state index in [2.05, 4.69) is 9.72 Å². The third kappa shape index (κ3) is 1.48. The lowest BCUT2D eigenvalue weighted by atomic mass is 10.6. The highest BCUT2D eigenvalue weighted by molar-refractivity contribution is 7.13. The Morgan fingerprint density at radius 2 is 2.36 bits per heavy atom. The Morgan fingerprint density at radius 1 is 1.73 bits per heavy atom. The van der Waals surface area contributed by atoms with E-state index in [1.807, 2.05) is 0 Å². The molecule has 0 spiro atoms. The van der Waals surface area contributed by atoms with E-state index in [1.54, 1.807) is 6.92 Å². The van der Waals surface area contributed by atoms with Gasteiger partial charge in [-0.3, -0.25) is 0 Å². The first-order chi connectivity index (χ1) is 5.15. The summed E-state index contributed by atoms with van der Waals surface area (Å²) in [4.78, 5) is 15.5. The fourth-order valence-electron chi connectivity index (χ4n) is 0.583. The highest BCUT2D eigenvalue weighted by atomic mass is 32.1. The number of nitrogens with two attached hydrogens (primary N) is 1. The fourth-order valence-corrected chi connectivity index (χ4v) is 1.33. The van der Waals surface area contributed by atoms with Crippen LogP contribution in [-0.2, 0) is 4.74 Å². The van der Waals surface area contributed by atoms with Gasteiger partial charge >= 0.3 is 5.97 Å². The van der Waals surface area contributed by atoms with E-state index < -0.39 is 5.97 Å². The fraction of sp³-hybridized carbons (Fsp3) is 0.333. The quantitative estimate of drug-likeness (QED) is 0.637. The first-order valence-corrected chi connectivity index (χ1v) is 3.78. The SMILES string of the molecule is COC(=O)c1nc(N)c(C)s1. The normalized spacial score (nSPS) is 9.64. The molecule has 0 aliphatic rings. The van der Waals surface area contributed by atoms with E-state index in [4.69, 9.17) is 5.73 Å². The number of methoxy groups -OCH3 is 1. The predicted octanol–water partition coefficient (Wildman–Crippen LogP) is 0.820. The van der Waals surface area contributed by atoms with E-state index in [-0.39, 0.29) is 0 Å². The largest absolute Gasteiger partial charge is 0.464 e. The summed E-state index contributed by atoms with van der Waals surface area (Å²) in [6, 6.07) is 0. The molecule has 1 aromatic heterocycles. The average molecular weight is 172 g/mol. The number of aryl methyl sites for hydroxylation is 1. The zero-order valence-corrected chi connectivity index (χ0v) is 7.07. The summed E-state index contributed by atoms with van der Waals surface area (Å²) in [5.74, 6) is -0.0369. The number of carbonyl (C=O) groups is 1. The molecule has 0 bridgehead atoms. The number of thiazole rings is 1. The maximum atomic E-state index is 10.8. The monoisotopic (exact) mass is 172 g/mol. The number of anilines is 1. The van der Waals surface area contributed by atoms with E-state index in [0.29, 0.717) is 10.8 Å². The molecule has 0 unspecified atom stereocenters. The molecule has 0 fully saturated rings. The number of rotatable bonds is 1. The highest BCUT2D eigenvalue weighted by Crippen LogP contribution is 2.19. The Kier molecular flexibility index (Phi) is 2.09. The van der Waals surface area contributed by atoms with Crippen LogP contribution in [0.5, 0.6) is 0 Å². The van der Waals surface area contributed by atoms with E-state index in [0.717, 1.165) is 4.88 Å². The molecule has 0 amide bonds.